The highest BCUT2D eigenvalue weighted by molar-refractivity contribution is 7.89. The maximum absolute atomic E-state index is 12.6. The van der Waals surface area contributed by atoms with E-state index in [4.69, 9.17) is 4.74 Å². The largest absolute Gasteiger partial charge is 0.468 e. The van der Waals surface area contributed by atoms with Gasteiger partial charge in [0.15, 0.2) is 6.61 Å². The zero-order valence-corrected chi connectivity index (χ0v) is 18.2. The van der Waals surface area contributed by atoms with Gasteiger partial charge in [-0.05, 0) is 29.8 Å². The number of pyridine rings is 1. The average molecular weight is 485 g/mol. The first kappa shape index (κ1) is 24.7. The highest BCUT2D eigenvalue weighted by atomic mass is 32.2. The Kier molecular flexibility index (Phi) is 8.06. The number of hydrogen-bond acceptors (Lipinski definition) is 6. The summed E-state index contributed by atoms with van der Waals surface area (Å²) in [5.41, 5.74) is 0.892. The quantitative estimate of drug-likeness (QED) is 0.577. The SMILES string of the molecule is O=C(/C=C/c1ccc(S(=O)(=O)N2CCOCC2)cc1)NCc1cccnc1OCC(F)(F)F. The van der Waals surface area contributed by atoms with E-state index in [-0.39, 0.29) is 17.3 Å². The molecule has 178 valence electrons. The lowest BCUT2D eigenvalue weighted by Crippen LogP contribution is -2.40. The fraction of sp³-hybridized carbons (Fsp3) is 0.333. The van der Waals surface area contributed by atoms with Crippen LogP contribution in [0.25, 0.3) is 6.08 Å². The highest BCUT2D eigenvalue weighted by Crippen LogP contribution is 2.20. The zero-order chi connectivity index (χ0) is 23.9. The van der Waals surface area contributed by atoms with E-state index in [1.165, 1.54) is 46.9 Å². The number of ether oxygens (including phenoxy) is 2. The Morgan fingerprint density at radius 2 is 1.88 bits per heavy atom. The van der Waals surface area contributed by atoms with Crippen molar-refractivity contribution in [3.8, 4) is 5.88 Å². The molecule has 0 saturated carbocycles. The molecular weight excluding hydrogens is 463 g/mol. The third kappa shape index (κ3) is 7.27. The molecule has 12 heteroatoms. The van der Waals surface area contributed by atoms with Crippen LogP contribution in [0.4, 0.5) is 13.2 Å². The smallest absolute Gasteiger partial charge is 0.422 e. The number of morpholine rings is 1. The molecule has 0 unspecified atom stereocenters. The Morgan fingerprint density at radius 3 is 2.55 bits per heavy atom. The topological polar surface area (TPSA) is 97.8 Å². The monoisotopic (exact) mass is 485 g/mol. The maximum Gasteiger partial charge on any atom is 0.422 e. The van der Waals surface area contributed by atoms with Gasteiger partial charge in [0, 0.05) is 37.5 Å². The second-order valence-electron chi connectivity index (χ2n) is 7.01. The Hall–Kier alpha value is -2.96. The van der Waals surface area contributed by atoms with Crippen LogP contribution in [0.15, 0.2) is 53.6 Å². The zero-order valence-electron chi connectivity index (χ0n) is 17.4. The number of rotatable bonds is 8. The first-order chi connectivity index (χ1) is 15.6. The number of nitrogens with zero attached hydrogens (tertiary/aromatic N) is 2. The van der Waals surface area contributed by atoms with E-state index in [9.17, 15) is 26.4 Å². The Labute approximate surface area is 189 Å². The molecule has 2 aromatic rings. The molecule has 2 heterocycles. The van der Waals surface area contributed by atoms with Crippen molar-refractivity contribution < 1.29 is 35.9 Å². The predicted molar refractivity (Wildman–Crippen MR) is 113 cm³/mol. The third-order valence-corrected chi connectivity index (χ3v) is 6.50. The van der Waals surface area contributed by atoms with Gasteiger partial charge in [0.1, 0.15) is 0 Å². The number of halogens is 3. The number of amides is 1. The van der Waals surface area contributed by atoms with Gasteiger partial charge in [0.05, 0.1) is 18.1 Å². The van der Waals surface area contributed by atoms with Crippen molar-refractivity contribution in [2.45, 2.75) is 17.6 Å². The minimum atomic E-state index is -4.50. The molecule has 1 saturated heterocycles. The van der Waals surface area contributed by atoms with Gasteiger partial charge in [-0.1, -0.05) is 18.2 Å². The van der Waals surface area contributed by atoms with Gasteiger partial charge in [-0.25, -0.2) is 13.4 Å². The maximum atomic E-state index is 12.6. The van der Waals surface area contributed by atoms with Crippen LogP contribution in [0.3, 0.4) is 0 Å². The number of nitrogens with one attached hydrogen (secondary N) is 1. The van der Waals surface area contributed by atoms with E-state index >= 15 is 0 Å². The molecular formula is C21H22F3N3O5S. The summed E-state index contributed by atoms with van der Waals surface area (Å²) < 4.78 is 73.5. The summed E-state index contributed by atoms with van der Waals surface area (Å²) in [6, 6.07) is 9.08. The molecule has 0 bridgehead atoms. The van der Waals surface area contributed by atoms with Gasteiger partial charge >= 0.3 is 6.18 Å². The molecule has 0 radical (unpaired) electrons. The molecule has 33 heavy (non-hydrogen) atoms. The Balaban J connectivity index is 1.56. The number of hydrogen-bond donors (Lipinski definition) is 1. The lowest BCUT2D eigenvalue weighted by atomic mass is 10.2. The molecule has 1 N–H and O–H groups in total. The molecule has 1 aromatic heterocycles. The summed E-state index contributed by atoms with van der Waals surface area (Å²) in [7, 11) is -3.61. The van der Waals surface area contributed by atoms with E-state index in [1.807, 2.05) is 0 Å². The second-order valence-corrected chi connectivity index (χ2v) is 8.95. The van der Waals surface area contributed by atoms with Gasteiger partial charge in [-0.3, -0.25) is 4.79 Å². The van der Waals surface area contributed by atoms with Crippen LogP contribution in [0.2, 0.25) is 0 Å². The van der Waals surface area contributed by atoms with Crippen molar-refractivity contribution >= 4 is 22.0 Å². The first-order valence-corrected chi connectivity index (χ1v) is 11.4. The second kappa shape index (κ2) is 10.8. The fourth-order valence-electron chi connectivity index (χ4n) is 2.94. The van der Waals surface area contributed by atoms with Gasteiger partial charge < -0.3 is 14.8 Å². The first-order valence-electron chi connectivity index (χ1n) is 9.92. The van der Waals surface area contributed by atoms with Gasteiger partial charge in [-0.15, -0.1) is 0 Å². The standard InChI is InChI=1S/C21H22F3N3O5S/c22-21(23,24)15-32-20-17(2-1-9-25-20)14-26-19(28)8-5-16-3-6-18(7-4-16)33(29,30)27-10-12-31-13-11-27/h1-9H,10-15H2,(H,26,28)/b8-5+. The number of sulfonamides is 1. The summed E-state index contributed by atoms with van der Waals surface area (Å²) in [5.74, 6) is -0.707. The number of aromatic nitrogens is 1. The molecule has 1 aliphatic heterocycles. The van der Waals surface area contributed by atoms with E-state index in [2.05, 4.69) is 15.0 Å². The predicted octanol–water partition coefficient (Wildman–Crippen LogP) is 2.37. The van der Waals surface area contributed by atoms with Crippen LogP contribution < -0.4 is 10.1 Å². The van der Waals surface area contributed by atoms with Gasteiger partial charge in [0.2, 0.25) is 21.8 Å². The molecule has 1 aromatic carbocycles. The van der Waals surface area contributed by atoms with Gasteiger partial charge in [-0.2, -0.15) is 17.5 Å². The van der Waals surface area contributed by atoms with Crippen molar-refractivity contribution in [1.29, 1.82) is 0 Å². The van der Waals surface area contributed by atoms with E-state index in [0.717, 1.165) is 0 Å². The summed E-state index contributed by atoms with van der Waals surface area (Å²) in [4.78, 5) is 16.0. The number of benzene rings is 1. The van der Waals surface area contributed by atoms with Crippen molar-refractivity contribution in [3.05, 3.63) is 59.8 Å². The number of carbonyl (C=O) groups excluding carboxylic acids is 1. The minimum Gasteiger partial charge on any atom is -0.468 e. The van der Waals surface area contributed by atoms with Crippen molar-refractivity contribution in [2.24, 2.45) is 0 Å². The summed E-state index contributed by atoms with van der Waals surface area (Å²) in [6.45, 7) is -0.272. The number of alkyl halides is 3. The average Bonchev–Trinajstić information content (AvgIpc) is 2.81. The van der Waals surface area contributed by atoms with E-state index in [0.29, 0.717) is 37.4 Å². The van der Waals surface area contributed by atoms with Crippen molar-refractivity contribution in [1.82, 2.24) is 14.6 Å². The summed E-state index contributed by atoms with van der Waals surface area (Å²) in [5, 5.41) is 2.54. The molecule has 1 fully saturated rings. The highest BCUT2D eigenvalue weighted by Gasteiger charge is 2.29. The van der Waals surface area contributed by atoms with Crippen LogP contribution in [-0.2, 0) is 26.1 Å². The molecule has 0 atom stereocenters. The van der Waals surface area contributed by atoms with Gasteiger partial charge in [0.25, 0.3) is 0 Å². The van der Waals surface area contributed by atoms with E-state index in [1.54, 1.807) is 12.1 Å². The summed E-state index contributed by atoms with van der Waals surface area (Å²) >= 11 is 0. The molecule has 3 rings (SSSR count). The van der Waals surface area contributed by atoms with Crippen LogP contribution in [-0.4, -0.2) is 62.7 Å². The molecule has 1 amide bonds. The number of carbonyl (C=O) groups is 1. The summed E-state index contributed by atoms with van der Waals surface area (Å²) in [6.07, 6.45) is -0.486. The third-order valence-electron chi connectivity index (χ3n) is 4.59. The van der Waals surface area contributed by atoms with E-state index < -0.39 is 28.7 Å². The van der Waals surface area contributed by atoms with Crippen LogP contribution in [0, 0.1) is 0 Å². The molecule has 0 aliphatic carbocycles. The Bertz CT molecular complexity index is 1080. The minimum absolute atomic E-state index is 0.0824. The molecule has 8 nitrogen and oxygen atoms in total. The van der Waals surface area contributed by atoms with Crippen LogP contribution in [0.1, 0.15) is 11.1 Å². The normalized spacial score (nSPS) is 15.5. The molecule has 0 spiro atoms. The van der Waals surface area contributed by atoms with Crippen molar-refractivity contribution in [2.75, 3.05) is 32.9 Å². The molecule has 1 aliphatic rings. The Morgan fingerprint density at radius 1 is 1.18 bits per heavy atom. The lowest BCUT2D eigenvalue weighted by molar-refractivity contribution is -0.154. The lowest BCUT2D eigenvalue weighted by Gasteiger charge is -2.26. The fourth-order valence-corrected chi connectivity index (χ4v) is 4.35. The van der Waals surface area contributed by atoms with Crippen LogP contribution >= 0.6 is 0 Å². The van der Waals surface area contributed by atoms with Crippen molar-refractivity contribution in [3.63, 3.8) is 0 Å². The van der Waals surface area contributed by atoms with Crippen LogP contribution in [0.5, 0.6) is 5.88 Å².